The zero-order valence-corrected chi connectivity index (χ0v) is 15.1. The summed E-state index contributed by atoms with van der Waals surface area (Å²) in [7, 11) is 3.38. The van der Waals surface area contributed by atoms with E-state index in [9.17, 15) is 14.9 Å². The van der Waals surface area contributed by atoms with Crippen LogP contribution in [0.15, 0.2) is 24.3 Å². The average Bonchev–Trinajstić information content (AvgIpc) is 3.13. The van der Waals surface area contributed by atoms with Gasteiger partial charge in [-0.1, -0.05) is 25.1 Å². The predicted octanol–water partition coefficient (Wildman–Crippen LogP) is 2.00. The molecule has 0 radical (unpaired) electrons. The standard InChI is InChI=1S/C18H27N3O4/c1-13(17(25-3)15-8-6-11-19-15)18(22)20(2)12-10-14-7-4-5-9-16(14)21(23)24/h4-5,7,9,13,15,17,19H,6,8,10-12H2,1-3H3. The molecule has 7 heteroatoms. The molecule has 1 amide bonds. The number of nitrogens with zero attached hydrogens (tertiary/aromatic N) is 2. The van der Waals surface area contributed by atoms with E-state index < -0.39 is 0 Å². The summed E-state index contributed by atoms with van der Waals surface area (Å²) in [6.45, 7) is 3.28. The van der Waals surface area contributed by atoms with Gasteiger partial charge in [-0.2, -0.15) is 0 Å². The van der Waals surface area contributed by atoms with Crippen LogP contribution in [-0.2, 0) is 16.0 Å². The lowest BCUT2D eigenvalue weighted by Gasteiger charge is -2.30. The van der Waals surface area contributed by atoms with Crippen molar-refractivity contribution < 1.29 is 14.5 Å². The van der Waals surface area contributed by atoms with Gasteiger partial charge >= 0.3 is 0 Å². The average molecular weight is 349 g/mol. The number of ether oxygens (including phenoxy) is 1. The Morgan fingerprint density at radius 2 is 2.20 bits per heavy atom. The molecule has 0 saturated carbocycles. The van der Waals surface area contributed by atoms with Crippen molar-refractivity contribution in [3.8, 4) is 0 Å². The summed E-state index contributed by atoms with van der Waals surface area (Å²) in [5, 5.41) is 14.5. The Kier molecular flexibility index (Phi) is 6.90. The second-order valence-corrected chi connectivity index (χ2v) is 6.59. The molecule has 3 atom stereocenters. The van der Waals surface area contributed by atoms with Crippen LogP contribution in [0.3, 0.4) is 0 Å². The minimum absolute atomic E-state index is 0.000802. The molecule has 0 bridgehead atoms. The second kappa shape index (κ2) is 8.92. The van der Waals surface area contributed by atoms with Crippen LogP contribution < -0.4 is 5.32 Å². The molecule has 138 valence electrons. The number of amides is 1. The number of carbonyl (C=O) groups is 1. The van der Waals surface area contributed by atoms with E-state index in [1.165, 1.54) is 6.07 Å². The molecule has 7 nitrogen and oxygen atoms in total. The highest BCUT2D eigenvalue weighted by atomic mass is 16.6. The van der Waals surface area contributed by atoms with Gasteiger partial charge in [0.05, 0.1) is 16.9 Å². The minimum atomic E-state index is -0.382. The number of hydrogen-bond acceptors (Lipinski definition) is 5. The number of benzene rings is 1. The van der Waals surface area contributed by atoms with Gasteiger partial charge in [-0.25, -0.2) is 0 Å². The van der Waals surface area contributed by atoms with Gasteiger partial charge in [-0.05, 0) is 25.8 Å². The molecule has 1 aliphatic heterocycles. The number of nitro benzene ring substituents is 1. The van der Waals surface area contributed by atoms with Gasteiger partial charge in [0, 0.05) is 38.4 Å². The number of methoxy groups -OCH3 is 1. The Bertz CT molecular complexity index is 602. The van der Waals surface area contributed by atoms with Gasteiger partial charge in [0.25, 0.3) is 5.69 Å². The van der Waals surface area contributed by atoms with Crippen molar-refractivity contribution in [1.82, 2.24) is 10.2 Å². The summed E-state index contributed by atoms with van der Waals surface area (Å²) < 4.78 is 5.58. The number of carbonyl (C=O) groups excluding carboxylic acids is 1. The van der Waals surface area contributed by atoms with Crippen molar-refractivity contribution in [3.63, 3.8) is 0 Å². The Balaban J connectivity index is 1.96. The third-order valence-electron chi connectivity index (χ3n) is 4.93. The topological polar surface area (TPSA) is 84.7 Å². The molecule has 3 unspecified atom stereocenters. The molecule has 1 aromatic carbocycles. The fourth-order valence-electron chi connectivity index (χ4n) is 3.50. The molecule has 2 rings (SSSR count). The van der Waals surface area contributed by atoms with Crippen LogP contribution in [0.5, 0.6) is 0 Å². The molecule has 0 aliphatic carbocycles. The van der Waals surface area contributed by atoms with E-state index in [0.717, 1.165) is 19.4 Å². The summed E-state index contributed by atoms with van der Waals surface area (Å²) in [6, 6.07) is 6.86. The first-order valence-corrected chi connectivity index (χ1v) is 8.69. The lowest BCUT2D eigenvalue weighted by molar-refractivity contribution is -0.385. The summed E-state index contributed by atoms with van der Waals surface area (Å²) in [6.07, 6.45) is 2.39. The number of nitro groups is 1. The van der Waals surface area contributed by atoms with E-state index in [4.69, 9.17) is 4.74 Å². The van der Waals surface area contributed by atoms with Crippen LogP contribution in [0.25, 0.3) is 0 Å². The fraction of sp³-hybridized carbons (Fsp3) is 0.611. The number of likely N-dealkylation sites (N-methyl/N-ethyl adjacent to an activating group) is 1. The van der Waals surface area contributed by atoms with Gasteiger partial charge in [0.15, 0.2) is 0 Å². The van der Waals surface area contributed by atoms with Gasteiger partial charge in [0.2, 0.25) is 5.91 Å². The summed E-state index contributed by atoms with van der Waals surface area (Å²) in [4.78, 5) is 25.1. The molecule has 0 spiro atoms. The summed E-state index contributed by atoms with van der Waals surface area (Å²) in [5.74, 6) is -0.268. The normalized spacial score (nSPS) is 19.4. The van der Waals surface area contributed by atoms with E-state index in [1.54, 1.807) is 37.3 Å². The van der Waals surface area contributed by atoms with Crippen LogP contribution >= 0.6 is 0 Å². The van der Waals surface area contributed by atoms with Gasteiger partial charge < -0.3 is 15.0 Å². The Labute approximate surface area is 148 Å². The van der Waals surface area contributed by atoms with Crippen molar-refractivity contribution in [2.75, 3.05) is 27.2 Å². The van der Waals surface area contributed by atoms with Crippen molar-refractivity contribution in [2.24, 2.45) is 5.92 Å². The Morgan fingerprint density at radius 3 is 2.80 bits per heavy atom. The zero-order valence-electron chi connectivity index (χ0n) is 15.1. The number of hydrogen-bond donors (Lipinski definition) is 1. The molecular formula is C18H27N3O4. The SMILES string of the molecule is COC(C1CCCN1)C(C)C(=O)N(C)CCc1ccccc1[N+](=O)[O-]. The first-order chi connectivity index (χ1) is 12.0. The van der Waals surface area contributed by atoms with Crippen LogP contribution in [0.2, 0.25) is 0 Å². The van der Waals surface area contributed by atoms with Gasteiger partial charge in [-0.3, -0.25) is 14.9 Å². The quantitative estimate of drug-likeness (QED) is 0.573. The minimum Gasteiger partial charge on any atom is -0.379 e. The largest absolute Gasteiger partial charge is 0.379 e. The third kappa shape index (κ3) is 4.76. The first-order valence-electron chi connectivity index (χ1n) is 8.69. The molecule has 1 heterocycles. The molecule has 1 N–H and O–H groups in total. The van der Waals surface area contributed by atoms with E-state index in [1.807, 2.05) is 6.92 Å². The van der Waals surface area contributed by atoms with Crippen LogP contribution in [0.4, 0.5) is 5.69 Å². The van der Waals surface area contributed by atoms with Crippen molar-refractivity contribution in [2.45, 2.75) is 38.3 Å². The highest BCUT2D eigenvalue weighted by Gasteiger charge is 2.34. The van der Waals surface area contributed by atoms with Crippen LogP contribution in [0, 0.1) is 16.0 Å². The molecule has 1 aliphatic rings. The Hall–Kier alpha value is -1.99. The van der Waals surface area contributed by atoms with E-state index >= 15 is 0 Å². The summed E-state index contributed by atoms with van der Waals surface area (Å²) >= 11 is 0. The fourth-order valence-corrected chi connectivity index (χ4v) is 3.50. The molecule has 0 aromatic heterocycles. The van der Waals surface area contributed by atoms with Gasteiger partial charge in [-0.15, -0.1) is 0 Å². The maximum Gasteiger partial charge on any atom is 0.272 e. The van der Waals surface area contributed by atoms with Crippen LogP contribution in [0.1, 0.15) is 25.3 Å². The first kappa shape index (κ1) is 19.3. The van der Waals surface area contributed by atoms with Crippen molar-refractivity contribution >= 4 is 11.6 Å². The van der Waals surface area contributed by atoms with E-state index in [2.05, 4.69) is 5.32 Å². The van der Waals surface area contributed by atoms with Gasteiger partial charge in [0.1, 0.15) is 0 Å². The molecular weight excluding hydrogens is 322 g/mol. The maximum atomic E-state index is 12.7. The number of nitrogens with one attached hydrogen (secondary N) is 1. The number of para-hydroxylation sites is 1. The molecule has 1 aromatic rings. The highest BCUT2D eigenvalue weighted by molar-refractivity contribution is 5.79. The molecule has 25 heavy (non-hydrogen) atoms. The maximum absolute atomic E-state index is 12.7. The van der Waals surface area contributed by atoms with Crippen molar-refractivity contribution in [1.29, 1.82) is 0 Å². The lowest BCUT2D eigenvalue weighted by atomic mass is 9.95. The third-order valence-corrected chi connectivity index (χ3v) is 4.93. The number of rotatable bonds is 8. The monoisotopic (exact) mass is 349 g/mol. The van der Waals surface area contributed by atoms with E-state index in [0.29, 0.717) is 18.5 Å². The Morgan fingerprint density at radius 1 is 1.48 bits per heavy atom. The predicted molar refractivity (Wildman–Crippen MR) is 95.4 cm³/mol. The van der Waals surface area contributed by atoms with Crippen LogP contribution in [-0.4, -0.2) is 55.1 Å². The second-order valence-electron chi connectivity index (χ2n) is 6.59. The molecule has 1 fully saturated rings. The smallest absolute Gasteiger partial charge is 0.272 e. The lowest BCUT2D eigenvalue weighted by Crippen LogP contribution is -2.47. The summed E-state index contributed by atoms with van der Waals surface area (Å²) in [5.41, 5.74) is 0.738. The highest BCUT2D eigenvalue weighted by Crippen LogP contribution is 2.21. The van der Waals surface area contributed by atoms with E-state index in [-0.39, 0.29) is 34.6 Å². The zero-order chi connectivity index (χ0) is 18.4. The molecule has 1 saturated heterocycles. The van der Waals surface area contributed by atoms with Crippen molar-refractivity contribution in [3.05, 3.63) is 39.9 Å².